The molecule has 0 atom stereocenters. The highest BCUT2D eigenvalue weighted by Crippen LogP contribution is 2.03. The van der Waals surface area contributed by atoms with Crippen molar-refractivity contribution in [1.29, 1.82) is 0 Å². The lowest BCUT2D eigenvalue weighted by atomic mass is 10.6. The van der Waals surface area contributed by atoms with Crippen LogP contribution in [-0.4, -0.2) is 21.2 Å². The van der Waals surface area contributed by atoms with Gasteiger partial charge in [-0.15, -0.1) is 23.2 Å². The monoisotopic (exact) mass is 174 g/mol. The molecule has 0 aromatic rings. The molecule has 0 aromatic carbocycles. The summed E-state index contributed by atoms with van der Waals surface area (Å²) in [4.78, 5) is 8.38. The van der Waals surface area contributed by atoms with Gasteiger partial charge in [0.15, 0.2) is 0 Å². The second kappa shape index (κ2) is 7.85. The Kier molecular flexibility index (Phi) is 10.1. The third-order valence-electron chi connectivity index (χ3n) is 0.309. The van der Waals surface area contributed by atoms with Crippen LogP contribution in [-0.2, 0) is 0 Å². The van der Waals surface area contributed by atoms with Crippen molar-refractivity contribution in [3.05, 3.63) is 0 Å². The van der Waals surface area contributed by atoms with E-state index in [-0.39, 0.29) is 4.84 Å². The SMILES string of the molecule is CCC(Cl)Cl.O=C(O)O. The van der Waals surface area contributed by atoms with Crippen molar-refractivity contribution in [2.45, 2.75) is 18.2 Å². The molecular weight excluding hydrogens is 167 g/mol. The molecule has 0 spiro atoms. The zero-order valence-electron chi connectivity index (χ0n) is 4.84. The van der Waals surface area contributed by atoms with Crippen molar-refractivity contribution < 1.29 is 15.0 Å². The van der Waals surface area contributed by atoms with Crippen molar-refractivity contribution in [2.75, 3.05) is 0 Å². The molecule has 0 unspecified atom stereocenters. The Balaban J connectivity index is 0. The molecule has 2 N–H and O–H groups in total. The van der Waals surface area contributed by atoms with Gasteiger partial charge in [-0.05, 0) is 6.42 Å². The maximum atomic E-state index is 8.56. The minimum Gasteiger partial charge on any atom is -0.450 e. The molecule has 0 aliphatic carbocycles. The lowest BCUT2D eigenvalue weighted by molar-refractivity contribution is 0.137. The number of carbonyl (C=O) groups is 1. The summed E-state index contributed by atoms with van der Waals surface area (Å²) < 4.78 is 0. The van der Waals surface area contributed by atoms with Gasteiger partial charge in [0.25, 0.3) is 0 Å². The summed E-state index contributed by atoms with van der Waals surface area (Å²) in [5.74, 6) is 0. The van der Waals surface area contributed by atoms with Gasteiger partial charge >= 0.3 is 6.16 Å². The van der Waals surface area contributed by atoms with Crippen LogP contribution < -0.4 is 0 Å². The van der Waals surface area contributed by atoms with E-state index in [1.807, 2.05) is 6.92 Å². The Morgan fingerprint density at radius 1 is 1.56 bits per heavy atom. The van der Waals surface area contributed by atoms with Crippen molar-refractivity contribution in [3.8, 4) is 0 Å². The number of hydrogen-bond acceptors (Lipinski definition) is 1. The number of hydrogen-bond donors (Lipinski definition) is 2. The van der Waals surface area contributed by atoms with Crippen LogP contribution in [0.2, 0.25) is 0 Å². The summed E-state index contributed by atoms with van der Waals surface area (Å²) in [7, 11) is 0. The maximum absolute atomic E-state index is 8.56. The van der Waals surface area contributed by atoms with E-state index in [1.165, 1.54) is 0 Å². The lowest BCUT2D eigenvalue weighted by Gasteiger charge is -1.84. The second-order valence-corrected chi connectivity index (χ2v) is 2.36. The van der Waals surface area contributed by atoms with Crippen LogP contribution in [0, 0.1) is 0 Å². The minimum absolute atomic E-state index is 0.171. The minimum atomic E-state index is -1.83. The standard InChI is InChI=1S/C3H6Cl2.CH2O3/c1-2-3(4)5;2-1(3)4/h3H,2H2,1H3;(H2,2,3,4). The molecule has 0 rings (SSSR count). The molecule has 0 aliphatic rings. The smallest absolute Gasteiger partial charge is 0.450 e. The Labute approximate surface area is 63.2 Å². The van der Waals surface area contributed by atoms with Gasteiger partial charge in [0.05, 0.1) is 0 Å². The summed E-state index contributed by atoms with van der Waals surface area (Å²) in [6.45, 7) is 1.94. The fourth-order valence-electron chi connectivity index (χ4n) is 0. The van der Waals surface area contributed by atoms with Crippen LogP contribution in [0.25, 0.3) is 0 Å². The quantitative estimate of drug-likeness (QED) is 0.601. The van der Waals surface area contributed by atoms with Gasteiger partial charge in [-0.25, -0.2) is 4.79 Å². The van der Waals surface area contributed by atoms with E-state index in [9.17, 15) is 0 Å². The molecule has 0 heterocycles. The first-order valence-corrected chi connectivity index (χ1v) is 3.08. The third kappa shape index (κ3) is 78.5. The predicted molar refractivity (Wildman–Crippen MR) is 36.4 cm³/mol. The number of carboxylic acid groups (broad SMARTS) is 2. The first kappa shape index (κ1) is 11.6. The molecule has 3 nitrogen and oxygen atoms in total. The van der Waals surface area contributed by atoms with Crippen LogP contribution in [0.3, 0.4) is 0 Å². The third-order valence-corrected chi connectivity index (χ3v) is 0.926. The normalized spacial score (nSPS) is 8.00. The van der Waals surface area contributed by atoms with Gasteiger partial charge in [0.1, 0.15) is 4.84 Å². The second-order valence-electron chi connectivity index (χ2n) is 1.08. The molecule has 0 amide bonds. The predicted octanol–water partition coefficient (Wildman–Crippen LogP) is 2.42. The van der Waals surface area contributed by atoms with Crippen LogP contribution in [0.15, 0.2) is 0 Å². The summed E-state index contributed by atoms with van der Waals surface area (Å²) >= 11 is 10.5. The van der Waals surface area contributed by atoms with E-state index in [2.05, 4.69) is 0 Å². The molecule has 0 radical (unpaired) electrons. The molecule has 5 heteroatoms. The Morgan fingerprint density at radius 3 is 1.67 bits per heavy atom. The largest absolute Gasteiger partial charge is 0.503 e. The summed E-state index contributed by atoms with van der Waals surface area (Å²) in [5, 5.41) is 13.9. The Morgan fingerprint density at radius 2 is 1.67 bits per heavy atom. The maximum Gasteiger partial charge on any atom is 0.503 e. The Bertz CT molecular complexity index is 70.2. The lowest BCUT2D eigenvalue weighted by Crippen LogP contribution is -1.81. The summed E-state index contributed by atoms with van der Waals surface area (Å²) in [6, 6.07) is 0. The van der Waals surface area contributed by atoms with Gasteiger partial charge in [0, 0.05) is 0 Å². The van der Waals surface area contributed by atoms with E-state index >= 15 is 0 Å². The summed E-state index contributed by atoms with van der Waals surface area (Å²) in [5.41, 5.74) is 0. The molecule has 9 heavy (non-hydrogen) atoms. The van der Waals surface area contributed by atoms with Crippen molar-refractivity contribution >= 4 is 29.4 Å². The highest BCUT2D eigenvalue weighted by molar-refractivity contribution is 6.44. The van der Waals surface area contributed by atoms with Crippen LogP contribution in [0.5, 0.6) is 0 Å². The van der Waals surface area contributed by atoms with E-state index in [4.69, 9.17) is 38.2 Å². The highest BCUT2D eigenvalue weighted by atomic mass is 35.5. The zero-order chi connectivity index (χ0) is 7.86. The molecule has 0 bridgehead atoms. The average molecular weight is 175 g/mol. The first-order valence-electron chi connectivity index (χ1n) is 2.20. The number of alkyl halides is 2. The van der Waals surface area contributed by atoms with Gasteiger partial charge in [-0.3, -0.25) is 0 Å². The molecular formula is C4H8Cl2O3. The zero-order valence-corrected chi connectivity index (χ0v) is 6.35. The topological polar surface area (TPSA) is 57.5 Å². The molecule has 56 valence electrons. The first-order chi connectivity index (χ1) is 4.00. The van der Waals surface area contributed by atoms with Crippen LogP contribution in [0.4, 0.5) is 4.79 Å². The van der Waals surface area contributed by atoms with E-state index < -0.39 is 6.16 Å². The fourth-order valence-corrected chi connectivity index (χ4v) is 0. The fraction of sp³-hybridized carbons (Fsp3) is 0.750. The van der Waals surface area contributed by atoms with Crippen molar-refractivity contribution in [2.24, 2.45) is 0 Å². The number of halogens is 2. The summed E-state index contributed by atoms with van der Waals surface area (Å²) in [6.07, 6.45) is -0.997. The van der Waals surface area contributed by atoms with Crippen LogP contribution in [0.1, 0.15) is 13.3 Å². The number of rotatable bonds is 1. The molecule has 0 aromatic heterocycles. The molecule has 0 saturated carbocycles. The van der Waals surface area contributed by atoms with Gasteiger partial charge in [0.2, 0.25) is 0 Å². The van der Waals surface area contributed by atoms with E-state index in [0.717, 1.165) is 6.42 Å². The van der Waals surface area contributed by atoms with Gasteiger partial charge in [-0.1, -0.05) is 6.92 Å². The highest BCUT2D eigenvalue weighted by Gasteiger charge is 1.86. The molecule has 0 saturated heterocycles. The van der Waals surface area contributed by atoms with Crippen molar-refractivity contribution in [3.63, 3.8) is 0 Å². The molecule has 0 aliphatic heterocycles. The molecule has 0 fully saturated rings. The van der Waals surface area contributed by atoms with Crippen molar-refractivity contribution in [1.82, 2.24) is 0 Å². The van der Waals surface area contributed by atoms with Crippen LogP contribution >= 0.6 is 23.2 Å². The van der Waals surface area contributed by atoms with E-state index in [0.29, 0.717) is 0 Å². The van der Waals surface area contributed by atoms with Gasteiger partial charge < -0.3 is 10.2 Å². The van der Waals surface area contributed by atoms with E-state index in [1.54, 1.807) is 0 Å². The van der Waals surface area contributed by atoms with Gasteiger partial charge in [-0.2, -0.15) is 0 Å². The average Bonchev–Trinajstić information content (AvgIpc) is 1.65. The Hall–Kier alpha value is -0.150.